The smallest absolute Gasteiger partial charge is 0.254 e. The van der Waals surface area contributed by atoms with Crippen molar-refractivity contribution in [3.05, 3.63) is 52.7 Å². The van der Waals surface area contributed by atoms with E-state index in [0.717, 1.165) is 25.1 Å². The van der Waals surface area contributed by atoms with Gasteiger partial charge in [0.2, 0.25) is 10.0 Å². The number of nitrogens with zero attached hydrogens (tertiary/aromatic N) is 4. The lowest BCUT2D eigenvalue weighted by molar-refractivity contribution is 0.0746. The molecule has 2 aliphatic heterocycles. The van der Waals surface area contributed by atoms with Gasteiger partial charge in [-0.25, -0.2) is 13.4 Å². The lowest BCUT2D eigenvalue weighted by atomic mass is 10.1. The van der Waals surface area contributed by atoms with Crippen molar-refractivity contribution in [3.8, 4) is 0 Å². The Morgan fingerprint density at radius 3 is 2.39 bits per heavy atom. The molecule has 1 amide bonds. The van der Waals surface area contributed by atoms with Gasteiger partial charge in [0.05, 0.1) is 9.92 Å². The number of carbonyl (C=O) groups is 1. The maximum absolute atomic E-state index is 13.2. The van der Waals surface area contributed by atoms with Crippen LogP contribution in [0.1, 0.15) is 35.2 Å². The van der Waals surface area contributed by atoms with Crippen molar-refractivity contribution < 1.29 is 13.2 Å². The van der Waals surface area contributed by atoms with Crippen LogP contribution in [0.2, 0.25) is 5.02 Å². The average molecular weight is 463 g/mol. The van der Waals surface area contributed by atoms with Gasteiger partial charge < -0.3 is 9.80 Å². The molecule has 2 saturated heterocycles. The molecule has 0 saturated carbocycles. The number of piperidine rings is 1. The van der Waals surface area contributed by atoms with Gasteiger partial charge in [-0.1, -0.05) is 24.1 Å². The number of hydrogen-bond acceptors (Lipinski definition) is 5. The third kappa shape index (κ3) is 4.56. The van der Waals surface area contributed by atoms with E-state index in [2.05, 4.69) is 9.88 Å². The minimum atomic E-state index is -3.60. The highest BCUT2D eigenvalue weighted by molar-refractivity contribution is 7.89. The third-order valence-electron chi connectivity index (χ3n) is 5.97. The second-order valence-electron chi connectivity index (χ2n) is 8.03. The Bertz CT molecular complexity index is 1060. The summed E-state index contributed by atoms with van der Waals surface area (Å²) in [6.45, 7) is 5.14. The van der Waals surface area contributed by atoms with E-state index in [0.29, 0.717) is 55.4 Å². The number of pyridine rings is 1. The van der Waals surface area contributed by atoms with Crippen LogP contribution in [0.3, 0.4) is 0 Å². The van der Waals surface area contributed by atoms with Crippen LogP contribution in [0.15, 0.2) is 41.4 Å². The number of sulfonamides is 1. The van der Waals surface area contributed by atoms with E-state index < -0.39 is 10.0 Å². The summed E-state index contributed by atoms with van der Waals surface area (Å²) < 4.78 is 27.9. The first-order valence-electron chi connectivity index (χ1n) is 10.6. The molecule has 0 spiro atoms. The van der Waals surface area contributed by atoms with E-state index in [1.807, 2.05) is 0 Å². The topological polar surface area (TPSA) is 73.8 Å². The van der Waals surface area contributed by atoms with E-state index in [4.69, 9.17) is 11.6 Å². The number of carbonyl (C=O) groups excluding carboxylic acids is 1. The molecule has 1 aromatic heterocycles. The minimum Gasteiger partial charge on any atom is -0.352 e. The van der Waals surface area contributed by atoms with Gasteiger partial charge in [0.25, 0.3) is 5.91 Å². The molecule has 0 N–H and O–H groups in total. The van der Waals surface area contributed by atoms with Gasteiger partial charge in [-0.2, -0.15) is 4.31 Å². The molecule has 2 aromatic rings. The van der Waals surface area contributed by atoms with E-state index in [1.165, 1.54) is 0 Å². The zero-order valence-electron chi connectivity index (χ0n) is 17.6. The van der Waals surface area contributed by atoms with E-state index in [-0.39, 0.29) is 10.8 Å². The van der Waals surface area contributed by atoms with Gasteiger partial charge in [-0.15, -0.1) is 0 Å². The lowest BCUT2D eigenvalue weighted by Gasteiger charge is -2.35. The highest BCUT2D eigenvalue weighted by Crippen LogP contribution is 2.26. The summed E-state index contributed by atoms with van der Waals surface area (Å²) >= 11 is 6.25. The molecule has 4 rings (SSSR count). The van der Waals surface area contributed by atoms with Crippen molar-refractivity contribution in [2.45, 2.75) is 31.1 Å². The van der Waals surface area contributed by atoms with Crippen molar-refractivity contribution >= 4 is 33.3 Å². The first kappa shape index (κ1) is 22.0. The van der Waals surface area contributed by atoms with Crippen LogP contribution in [0.4, 0.5) is 5.82 Å². The predicted octanol–water partition coefficient (Wildman–Crippen LogP) is 3.18. The number of piperazine rings is 1. The Morgan fingerprint density at radius 2 is 1.71 bits per heavy atom. The van der Waals surface area contributed by atoms with Crippen LogP contribution in [0.5, 0.6) is 0 Å². The quantitative estimate of drug-likeness (QED) is 0.697. The van der Waals surface area contributed by atoms with Gasteiger partial charge in [0.1, 0.15) is 5.82 Å². The zero-order chi connectivity index (χ0) is 22.0. The maximum atomic E-state index is 13.2. The Labute approximate surface area is 188 Å². The molecule has 7 nitrogen and oxygen atoms in total. The van der Waals surface area contributed by atoms with E-state index in [1.54, 1.807) is 52.7 Å². The van der Waals surface area contributed by atoms with Crippen LogP contribution in [0.25, 0.3) is 0 Å². The fraction of sp³-hybridized carbons (Fsp3) is 0.455. The van der Waals surface area contributed by atoms with Crippen molar-refractivity contribution in [1.82, 2.24) is 14.2 Å². The number of amides is 1. The first-order chi connectivity index (χ1) is 14.9. The van der Waals surface area contributed by atoms with Gasteiger partial charge in [0.15, 0.2) is 0 Å². The molecule has 2 aliphatic rings. The average Bonchev–Trinajstić information content (AvgIpc) is 2.80. The number of halogens is 1. The van der Waals surface area contributed by atoms with Crippen molar-refractivity contribution in [1.29, 1.82) is 0 Å². The van der Waals surface area contributed by atoms with Gasteiger partial charge >= 0.3 is 0 Å². The Hall–Kier alpha value is -2.16. The highest BCUT2D eigenvalue weighted by atomic mass is 35.5. The third-order valence-corrected chi connectivity index (χ3v) is 8.31. The number of benzene rings is 1. The number of hydrogen-bond donors (Lipinski definition) is 0. The monoisotopic (exact) mass is 462 g/mol. The van der Waals surface area contributed by atoms with Crippen LogP contribution in [0, 0.1) is 6.92 Å². The summed E-state index contributed by atoms with van der Waals surface area (Å²) in [5.41, 5.74) is 1.07. The first-order valence-corrected chi connectivity index (χ1v) is 12.5. The molecule has 166 valence electrons. The molecule has 0 aliphatic carbocycles. The number of aromatic nitrogens is 1. The fourth-order valence-electron chi connectivity index (χ4n) is 4.17. The lowest BCUT2D eigenvalue weighted by Crippen LogP contribution is -2.49. The summed E-state index contributed by atoms with van der Waals surface area (Å²) in [6, 6.07) is 8.59. The molecule has 0 unspecified atom stereocenters. The van der Waals surface area contributed by atoms with Crippen LogP contribution in [-0.4, -0.2) is 67.8 Å². The normalized spacial score (nSPS) is 18.3. The standard InChI is InChI=1S/C22H27ClN4O3S/c1-17-7-8-18(16-20(17)31(29,30)27-10-3-2-4-11-27)22(28)26-14-12-25(13-15-26)21-19(23)6-5-9-24-21/h5-9,16H,2-4,10-15H2,1H3. The largest absolute Gasteiger partial charge is 0.352 e. The van der Waals surface area contributed by atoms with Gasteiger partial charge in [0, 0.05) is 51.0 Å². The molecule has 0 atom stereocenters. The molecule has 0 radical (unpaired) electrons. The van der Waals surface area contributed by atoms with E-state index >= 15 is 0 Å². The second kappa shape index (κ2) is 9.14. The molecular weight excluding hydrogens is 436 g/mol. The molecule has 9 heteroatoms. The van der Waals surface area contributed by atoms with Crippen LogP contribution < -0.4 is 4.90 Å². The molecule has 31 heavy (non-hydrogen) atoms. The van der Waals surface area contributed by atoms with Gasteiger partial charge in [-0.3, -0.25) is 4.79 Å². The van der Waals surface area contributed by atoms with Crippen molar-refractivity contribution in [2.75, 3.05) is 44.2 Å². The summed E-state index contributed by atoms with van der Waals surface area (Å²) in [4.78, 5) is 21.5. The van der Waals surface area contributed by atoms with Crippen LogP contribution in [-0.2, 0) is 10.0 Å². The summed E-state index contributed by atoms with van der Waals surface area (Å²) in [5, 5.41) is 0.591. The zero-order valence-corrected chi connectivity index (χ0v) is 19.2. The van der Waals surface area contributed by atoms with Crippen molar-refractivity contribution in [2.24, 2.45) is 0 Å². The Kier molecular flexibility index (Phi) is 6.50. The Balaban J connectivity index is 1.50. The molecule has 1 aromatic carbocycles. The van der Waals surface area contributed by atoms with Crippen molar-refractivity contribution in [3.63, 3.8) is 0 Å². The summed E-state index contributed by atoms with van der Waals surface area (Å²) in [6.07, 6.45) is 4.51. The maximum Gasteiger partial charge on any atom is 0.254 e. The minimum absolute atomic E-state index is 0.151. The highest BCUT2D eigenvalue weighted by Gasteiger charge is 2.29. The fourth-order valence-corrected chi connectivity index (χ4v) is 6.18. The second-order valence-corrected chi connectivity index (χ2v) is 10.3. The Morgan fingerprint density at radius 1 is 1.00 bits per heavy atom. The summed E-state index contributed by atoms with van der Waals surface area (Å²) in [7, 11) is -3.60. The predicted molar refractivity (Wildman–Crippen MR) is 121 cm³/mol. The van der Waals surface area contributed by atoms with Gasteiger partial charge in [-0.05, 0) is 49.6 Å². The molecule has 3 heterocycles. The molecular formula is C22H27ClN4O3S. The summed E-state index contributed by atoms with van der Waals surface area (Å²) in [5.74, 6) is 0.573. The molecule has 2 fully saturated rings. The SMILES string of the molecule is Cc1ccc(C(=O)N2CCN(c3ncccc3Cl)CC2)cc1S(=O)(=O)N1CCCCC1. The van der Waals surface area contributed by atoms with E-state index in [9.17, 15) is 13.2 Å². The number of rotatable bonds is 4. The number of anilines is 1. The van der Waals surface area contributed by atoms with Crippen LogP contribution >= 0.6 is 11.6 Å². The molecule has 0 bridgehead atoms. The number of aryl methyl sites for hydroxylation is 1.